The topological polar surface area (TPSA) is 32.3 Å². The molecule has 0 amide bonds. The van der Waals surface area contributed by atoms with Gasteiger partial charge in [-0.1, -0.05) is 12.5 Å². The van der Waals surface area contributed by atoms with Gasteiger partial charge in [0, 0.05) is 17.7 Å². The van der Waals surface area contributed by atoms with Crippen LogP contribution in [0.5, 0.6) is 5.75 Å². The highest BCUT2D eigenvalue weighted by molar-refractivity contribution is 5.35. The van der Waals surface area contributed by atoms with E-state index in [2.05, 4.69) is 5.32 Å². The van der Waals surface area contributed by atoms with E-state index in [0.717, 1.165) is 24.9 Å². The van der Waals surface area contributed by atoms with E-state index in [0.29, 0.717) is 0 Å². The molecule has 0 aromatic heterocycles. The highest BCUT2D eigenvalue weighted by atomic mass is 19.1. The maximum atomic E-state index is 12.7. The van der Waals surface area contributed by atoms with Crippen LogP contribution in [0, 0.1) is 5.82 Å². The Labute approximate surface area is 82.8 Å². The minimum absolute atomic E-state index is 0.0596. The number of benzene rings is 1. The fourth-order valence-corrected chi connectivity index (χ4v) is 1.93. The molecule has 3 heteroatoms. The van der Waals surface area contributed by atoms with Crippen LogP contribution >= 0.6 is 0 Å². The summed E-state index contributed by atoms with van der Waals surface area (Å²) in [6, 6.07) is 4.41. The number of phenols is 1. The molecule has 2 nitrogen and oxygen atoms in total. The summed E-state index contributed by atoms with van der Waals surface area (Å²) in [4.78, 5) is 0. The van der Waals surface area contributed by atoms with Gasteiger partial charge in [0.1, 0.15) is 11.6 Å². The molecule has 0 unspecified atom stereocenters. The molecule has 2 rings (SSSR count). The van der Waals surface area contributed by atoms with E-state index in [-0.39, 0.29) is 17.6 Å². The largest absolute Gasteiger partial charge is 0.508 e. The highest BCUT2D eigenvalue weighted by Crippen LogP contribution is 2.29. The van der Waals surface area contributed by atoms with E-state index in [1.54, 1.807) is 6.07 Å². The zero-order valence-corrected chi connectivity index (χ0v) is 7.96. The van der Waals surface area contributed by atoms with Gasteiger partial charge in [0.05, 0.1) is 0 Å². The predicted molar refractivity (Wildman–Crippen MR) is 52.7 cm³/mol. The SMILES string of the molecule is Oc1cc(F)ccc1[C@H]1CCCCN1. The molecule has 0 spiro atoms. The molecule has 1 aliphatic heterocycles. The molecule has 0 aliphatic carbocycles. The molecule has 76 valence electrons. The number of phenolic OH excluding ortho intramolecular Hbond substituents is 1. The van der Waals surface area contributed by atoms with E-state index in [9.17, 15) is 9.50 Å². The first-order valence-electron chi connectivity index (χ1n) is 4.99. The smallest absolute Gasteiger partial charge is 0.126 e. The van der Waals surface area contributed by atoms with Crippen molar-refractivity contribution in [2.75, 3.05) is 6.54 Å². The zero-order chi connectivity index (χ0) is 9.97. The van der Waals surface area contributed by atoms with E-state index < -0.39 is 0 Å². The van der Waals surface area contributed by atoms with E-state index in [1.165, 1.54) is 18.6 Å². The predicted octanol–water partition coefficient (Wildman–Crippen LogP) is 2.35. The number of hydrogen-bond donors (Lipinski definition) is 2. The van der Waals surface area contributed by atoms with Crippen molar-refractivity contribution in [3.63, 3.8) is 0 Å². The highest BCUT2D eigenvalue weighted by Gasteiger charge is 2.17. The number of rotatable bonds is 1. The summed E-state index contributed by atoms with van der Waals surface area (Å²) in [7, 11) is 0. The van der Waals surface area contributed by atoms with Crippen LogP contribution < -0.4 is 5.32 Å². The Kier molecular flexibility index (Phi) is 2.68. The van der Waals surface area contributed by atoms with Crippen molar-refractivity contribution in [1.82, 2.24) is 5.32 Å². The average Bonchev–Trinajstić information content (AvgIpc) is 2.19. The lowest BCUT2D eigenvalue weighted by atomic mass is 9.97. The van der Waals surface area contributed by atoms with Crippen LogP contribution in [-0.4, -0.2) is 11.7 Å². The molecular formula is C11H14FNO. The molecule has 0 saturated carbocycles. The van der Waals surface area contributed by atoms with Crippen molar-refractivity contribution in [1.29, 1.82) is 0 Å². The summed E-state index contributed by atoms with van der Waals surface area (Å²) in [5, 5.41) is 12.9. The summed E-state index contributed by atoms with van der Waals surface area (Å²) in [6.45, 7) is 0.974. The van der Waals surface area contributed by atoms with Crippen LogP contribution in [0.1, 0.15) is 30.9 Å². The first-order valence-corrected chi connectivity index (χ1v) is 4.99. The third kappa shape index (κ3) is 1.87. The van der Waals surface area contributed by atoms with Crippen LogP contribution in [0.4, 0.5) is 4.39 Å². The molecule has 1 fully saturated rings. The molecule has 0 radical (unpaired) electrons. The number of piperidine rings is 1. The third-order valence-corrected chi connectivity index (χ3v) is 2.68. The van der Waals surface area contributed by atoms with Crippen molar-refractivity contribution < 1.29 is 9.50 Å². The van der Waals surface area contributed by atoms with Gasteiger partial charge in [0.25, 0.3) is 0 Å². The lowest BCUT2D eigenvalue weighted by Crippen LogP contribution is -2.26. The monoisotopic (exact) mass is 195 g/mol. The van der Waals surface area contributed by atoms with E-state index >= 15 is 0 Å². The second-order valence-electron chi connectivity index (χ2n) is 3.71. The Hall–Kier alpha value is -1.09. The van der Waals surface area contributed by atoms with Gasteiger partial charge < -0.3 is 10.4 Å². The minimum atomic E-state index is -0.387. The van der Waals surface area contributed by atoms with Gasteiger partial charge in [-0.15, -0.1) is 0 Å². The Bertz CT molecular complexity index is 321. The molecule has 1 heterocycles. The summed E-state index contributed by atoms with van der Waals surface area (Å²) in [5.41, 5.74) is 0.811. The number of halogens is 1. The fourth-order valence-electron chi connectivity index (χ4n) is 1.93. The second kappa shape index (κ2) is 3.96. The van der Waals surface area contributed by atoms with Gasteiger partial charge in [-0.3, -0.25) is 0 Å². The molecule has 0 bridgehead atoms. The third-order valence-electron chi connectivity index (χ3n) is 2.68. The second-order valence-corrected chi connectivity index (χ2v) is 3.71. The molecule has 1 atom stereocenters. The number of aromatic hydroxyl groups is 1. The molecule has 1 aromatic rings. The van der Waals surface area contributed by atoms with Crippen LogP contribution in [0.15, 0.2) is 18.2 Å². The Morgan fingerprint density at radius 3 is 2.86 bits per heavy atom. The van der Waals surface area contributed by atoms with Gasteiger partial charge in [0.15, 0.2) is 0 Å². The maximum absolute atomic E-state index is 12.7. The average molecular weight is 195 g/mol. The lowest BCUT2D eigenvalue weighted by molar-refractivity contribution is 0.389. The molecule has 14 heavy (non-hydrogen) atoms. The zero-order valence-electron chi connectivity index (χ0n) is 7.96. The first-order chi connectivity index (χ1) is 6.77. The Balaban J connectivity index is 2.22. The van der Waals surface area contributed by atoms with E-state index in [1.807, 2.05) is 0 Å². The summed E-state index contributed by atoms with van der Waals surface area (Å²) in [6.07, 6.45) is 3.35. The minimum Gasteiger partial charge on any atom is -0.508 e. The molecule has 1 saturated heterocycles. The Morgan fingerprint density at radius 1 is 1.36 bits per heavy atom. The van der Waals surface area contributed by atoms with Crippen LogP contribution in [0.3, 0.4) is 0 Å². The molecule has 1 aliphatic rings. The van der Waals surface area contributed by atoms with Gasteiger partial charge >= 0.3 is 0 Å². The van der Waals surface area contributed by atoms with Crippen molar-refractivity contribution in [3.05, 3.63) is 29.6 Å². The molecule has 1 aromatic carbocycles. The Morgan fingerprint density at radius 2 is 2.21 bits per heavy atom. The normalized spacial score (nSPS) is 22.2. The van der Waals surface area contributed by atoms with Crippen LogP contribution in [0.25, 0.3) is 0 Å². The summed E-state index contributed by atoms with van der Waals surface area (Å²) < 4.78 is 12.7. The standard InChI is InChI=1S/C11H14FNO/c12-8-4-5-9(11(14)7-8)10-3-1-2-6-13-10/h4-5,7,10,13-14H,1-3,6H2/t10-/m1/s1. The number of hydrogen-bond acceptors (Lipinski definition) is 2. The lowest BCUT2D eigenvalue weighted by Gasteiger charge is -2.24. The van der Waals surface area contributed by atoms with Gasteiger partial charge in [0.2, 0.25) is 0 Å². The molecule has 2 N–H and O–H groups in total. The van der Waals surface area contributed by atoms with Gasteiger partial charge in [-0.05, 0) is 25.5 Å². The quantitative estimate of drug-likeness (QED) is 0.721. The van der Waals surface area contributed by atoms with E-state index in [4.69, 9.17) is 0 Å². The van der Waals surface area contributed by atoms with Crippen molar-refractivity contribution in [2.45, 2.75) is 25.3 Å². The van der Waals surface area contributed by atoms with Crippen LogP contribution in [-0.2, 0) is 0 Å². The molecular weight excluding hydrogens is 181 g/mol. The summed E-state index contributed by atoms with van der Waals surface area (Å²) in [5.74, 6) is -0.327. The van der Waals surface area contributed by atoms with Crippen molar-refractivity contribution in [2.24, 2.45) is 0 Å². The maximum Gasteiger partial charge on any atom is 0.126 e. The van der Waals surface area contributed by atoms with Gasteiger partial charge in [-0.25, -0.2) is 4.39 Å². The summed E-state index contributed by atoms with van der Waals surface area (Å²) >= 11 is 0. The first kappa shape index (κ1) is 9.46. The van der Waals surface area contributed by atoms with Crippen LogP contribution in [0.2, 0.25) is 0 Å². The number of nitrogens with one attached hydrogen (secondary N) is 1. The van der Waals surface area contributed by atoms with Crippen molar-refractivity contribution in [3.8, 4) is 5.75 Å². The fraction of sp³-hybridized carbons (Fsp3) is 0.455. The van der Waals surface area contributed by atoms with Crippen molar-refractivity contribution >= 4 is 0 Å². The van der Waals surface area contributed by atoms with Gasteiger partial charge in [-0.2, -0.15) is 0 Å².